The first-order valence-corrected chi connectivity index (χ1v) is 9.09. The summed E-state index contributed by atoms with van der Waals surface area (Å²) in [6.07, 6.45) is 2.63. The number of hydrogen-bond donors (Lipinski definition) is 2. The van der Waals surface area contributed by atoms with E-state index in [1.807, 2.05) is 6.07 Å². The summed E-state index contributed by atoms with van der Waals surface area (Å²) in [5.74, 6) is 1.17. The van der Waals surface area contributed by atoms with E-state index >= 15 is 0 Å². The Kier molecular flexibility index (Phi) is 5.81. The van der Waals surface area contributed by atoms with Gasteiger partial charge in [0.2, 0.25) is 0 Å². The molecule has 2 N–H and O–H groups in total. The van der Waals surface area contributed by atoms with Crippen molar-refractivity contribution >= 4 is 43.7 Å². The Bertz CT molecular complexity index is 927. The molecule has 3 aromatic rings. The molecule has 0 unspecified atom stereocenters. The Balaban J connectivity index is 0.00000182. The Labute approximate surface area is 164 Å². The number of piperidine rings is 1. The van der Waals surface area contributed by atoms with E-state index in [9.17, 15) is 4.79 Å². The van der Waals surface area contributed by atoms with Gasteiger partial charge in [-0.25, -0.2) is 0 Å². The predicted octanol–water partition coefficient (Wildman–Crippen LogP) is 4.52. The first-order chi connectivity index (χ1) is 11.7. The van der Waals surface area contributed by atoms with E-state index in [4.69, 9.17) is 4.52 Å². The van der Waals surface area contributed by atoms with E-state index in [0.29, 0.717) is 12.3 Å². The highest BCUT2D eigenvalue weighted by Gasteiger charge is 2.24. The predicted molar refractivity (Wildman–Crippen MR) is 109 cm³/mol. The van der Waals surface area contributed by atoms with Crippen LogP contribution in [0.25, 0.3) is 10.8 Å². The van der Waals surface area contributed by atoms with E-state index < -0.39 is 0 Å². The number of rotatable bonds is 3. The molecule has 1 saturated heterocycles. The van der Waals surface area contributed by atoms with Crippen LogP contribution in [0.3, 0.4) is 0 Å². The lowest BCUT2D eigenvalue weighted by molar-refractivity contribution is 0.324. The van der Waals surface area contributed by atoms with Gasteiger partial charge in [-0.15, -0.1) is 17.0 Å². The van der Waals surface area contributed by atoms with Crippen molar-refractivity contribution in [3.8, 4) is 0 Å². The second-order valence-electron chi connectivity index (χ2n) is 6.40. The van der Waals surface area contributed by atoms with E-state index in [0.717, 1.165) is 47.3 Å². The molecule has 0 spiro atoms. The van der Waals surface area contributed by atoms with Gasteiger partial charge in [0.25, 0.3) is 5.56 Å². The van der Waals surface area contributed by atoms with Crippen LogP contribution in [0.4, 0.5) is 0 Å². The summed E-state index contributed by atoms with van der Waals surface area (Å²) in [7, 11) is 0. The number of benzene rings is 2. The van der Waals surface area contributed by atoms with Crippen LogP contribution in [0.5, 0.6) is 0 Å². The molecule has 2 heterocycles. The molecule has 0 saturated carbocycles. The van der Waals surface area contributed by atoms with Gasteiger partial charge in [-0.05, 0) is 54.4 Å². The Hall–Kier alpha value is -1.37. The third-order valence-electron chi connectivity index (χ3n) is 4.78. The Morgan fingerprint density at radius 3 is 2.64 bits per heavy atom. The van der Waals surface area contributed by atoms with Gasteiger partial charge in [0, 0.05) is 16.8 Å². The summed E-state index contributed by atoms with van der Waals surface area (Å²) >= 11 is 3.52. The average molecular weight is 468 g/mol. The number of aromatic amines is 1. The fourth-order valence-corrected chi connectivity index (χ4v) is 3.88. The molecule has 2 aromatic carbocycles. The summed E-state index contributed by atoms with van der Waals surface area (Å²) in [6, 6.07) is 12.6. The van der Waals surface area contributed by atoms with Gasteiger partial charge in [0.1, 0.15) is 5.76 Å². The van der Waals surface area contributed by atoms with Gasteiger partial charge < -0.3 is 9.84 Å². The van der Waals surface area contributed by atoms with Crippen molar-refractivity contribution in [1.29, 1.82) is 0 Å². The van der Waals surface area contributed by atoms with Crippen LogP contribution in [0.1, 0.15) is 35.6 Å². The first-order valence-electron chi connectivity index (χ1n) is 8.30. The normalized spacial score (nSPS) is 15.2. The summed E-state index contributed by atoms with van der Waals surface area (Å²) in [6.45, 7) is 1.95. The van der Waals surface area contributed by atoms with Crippen LogP contribution in [0, 0.1) is 0 Å². The van der Waals surface area contributed by atoms with Crippen LogP contribution in [0.15, 0.2) is 50.2 Å². The lowest BCUT2D eigenvalue weighted by atomic mass is 9.91. The van der Waals surface area contributed by atoms with Gasteiger partial charge in [0.15, 0.2) is 0 Å². The number of nitrogens with one attached hydrogen (secondary N) is 2. The maximum atomic E-state index is 12.2. The van der Waals surface area contributed by atoms with Gasteiger partial charge in [-0.3, -0.25) is 4.79 Å². The third-order valence-corrected chi connectivity index (χ3v) is 5.28. The van der Waals surface area contributed by atoms with E-state index in [1.54, 1.807) is 0 Å². The number of halogens is 2. The third kappa shape index (κ3) is 3.91. The van der Waals surface area contributed by atoms with Crippen molar-refractivity contribution in [3.05, 3.63) is 68.1 Å². The zero-order valence-corrected chi connectivity index (χ0v) is 17.0. The van der Waals surface area contributed by atoms with Crippen LogP contribution in [-0.2, 0) is 6.42 Å². The van der Waals surface area contributed by atoms with Crippen molar-refractivity contribution in [2.75, 3.05) is 13.1 Å². The quantitative estimate of drug-likeness (QED) is 0.595. The molecule has 6 heteroatoms. The van der Waals surface area contributed by atoms with E-state index in [1.165, 1.54) is 10.8 Å². The lowest BCUT2D eigenvalue weighted by Crippen LogP contribution is -2.27. The van der Waals surface area contributed by atoms with Crippen molar-refractivity contribution < 1.29 is 4.52 Å². The van der Waals surface area contributed by atoms with Crippen LogP contribution in [0.2, 0.25) is 0 Å². The van der Waals surface area contributed by atoms with Crippen molar-refractivity contribution in [3.63, 3.8) is 0 Å². The smallest absolute Gasteiger partial charge is 0.283 e. The SMILES string of the molecule is Br.O=c1[nH]oc(C2CCNCC2)c1Cc1ccc2ccc(Br)cc2c1. The molecular formula is C19H20Br2N2O2. The minimum Gasteiger partial charge on any atom is -0.383 e. The highest BCUT2D eigenvalue weighted by atomic mass is 79.9. The summed E-state index contributed by atoms with van der Waals surface area (Å²) in [5.41, 5.74) is 1.80. The number of hydrogen-bond acceptors (Lipinski definition) is 3. The zero-order chi connectivity index (χ0) is 16.5. The average Bonchev–Trinajstić information content (AvgIpc) is 2.96. The molecule has 25 heavy (non-hydrogen) atoms. The molecule has 132 valence electrons. The van der Waals surface area contributed by atoms with Crippen molar-refractivity contribution in [1.82, 2.24) is 10.5 Å². The molecule has 1 aliphatic rings. The van der Waals surface area contributed by atoms with Crippen molar-refractivity contribution in [2.24, 2.45) is 0 Å². The lowest BCUT2D eigenvalue weighted by Gasteiger charge is -2.21. The molecule has 0 amide bonds. The second-order valence-corrected chi connectivity index (χ2v) is 7.32. The zero-order valence-electron chi connectivity index (χ0n) is 13.7. The minimum atomic E-state index is -0.0992. The first kappa shape index (κ1) is 18.4. The van der Waals surface area contributed by atoms with Crippen molar-refractivity contribution in [2.45, 2.75) is 25.2 Å². The number of fused-ring (bicyclic) bond motifs is 1. The topological polar surface area (TPSA) is 58.0 Å². The van der Waals surface area contributed by atoms with Gasteiger partial charge in [-0.2, -0.15) is 5.16 Å². The minimum absolute atomic E-state index is 0. The summed E-state index contributed by atoms with van der Waals surface area (Å²) in [5, 5.41) is 8.26. The number of H-pyrrole nitrogens is 1. The van der Waals surface area contributed by atoms with Crippen LogP contribution in [-0.4, -0.2) is 18.2 Å². The van der Waals surface area contributed by atoms with E-state index in [-0.39, 0.29) is 22.5 Å². The molecule has 4 nitrogen and oxygen atoms in total. The molecule has 1 fully saturated rings. The van der Waals surface area contributed by atoms with Crippen LogP contribution >= 0.6 is 32.9 Å². The molecule has 0 atom stereocenters. The highest BCUT2D eigenvalue weighted by Crippen LogP contribution is 2.28. The van der Waals surface area contributed by atoms with Gasteiger partial charge in [-0.1, -0.05) is 40.2 Å². The van der Waals surface area contributed by atoms with Gasteiger partial charge >= 0.3 is 0 Å². The van der Waals surface area contributed by atoms with Crippen LogP contribution < -0.4 is 10.9 Å². The molecule has 0 aliphatic carbocycles. The molecule has 1 aliphatic heterocycles. The number of aromatic nitrogens is 1. The molecule has 4 rings (SSSR count). The monoisotopic (exact) mass is 466 g/mol. The Morgan fingerprint density at radius 2 is 1.84 bits per heavy atom. The van der Waals surface area contributed by atoms with Gasteiger partial charge in [0.05, 0.1) is 5.56 Å². The molecule has 0 bridgehead atoms. The second kappa shape index (κ2) is 7.89. The standard InChI is InChI=1S/C19H19BrN2O2.BrH/c20-16-4-3-13-2-1-12(9-15(13)11-16)10-17-18(24-22-19(17)23)14-5-7-21-8-6-14;/h1-4,9,11,14,21H,5-8,10H2,(H,22,23);1H. The summed E-state index contributed by atoms with van der Waals surface area (Å²) < 4.78 is 6.60. The molecule has 0 radical (unpaired) electrons. The fourth-order valence-electron chi connectivity index (χ4n) is 3.50. The molecule has 1 aromatic heterocycles. The fraction of sp³-hybridized carbons (Fsp3) is 0.316. The summed E-state index contributed by atoms with van der Waals surface area (Å²) in [4.78, 5) is 12.2. The molecular weight excluding hydrogens is 448 g/mol. The maximum absolute atomic E-state index is 12.2. The maximum Gasteiger partial charge on any atom is 0.283 e. The highest BCUT2D eigenvalue weighted by molar-refractivity contribution is 9.10. The Morgan fingerprint density at radius 1 is 1.08 bits per heavy atom. The van der Waals surface area contributed by atoms with E-state index in [2.05, 4.69) is 56.7 Å². The largest absolute Gasteiger partial charge is 0.383 e.